The van der Waals surface area contributed by atoms with Crippen LogP contribution in [0.2, 0.25) is 0 Å². The van der Waals surface area contributed by atoms with Crippen molar-refractivity contribution in [2.24, 2.45) is 5.92 Å². The van der Waals surface area contributed by atoms with Gasteiger partial charge < -0.3 is 9.84 Å². The van der Waals surface area contributed by atoms with Crippen molar-refractivity contribution in [1.82, 2.24) is 0 Å². The molecule has 0 spiro atoms. The molecule has 1 N–H and O–H groups in total. The zero-order valence-corrected chi connectivity index (χ0v) is 9.15. The molecule has 15 heavy (non-hydrogen) atoms. The van der Waals surface area contributed by atoms with Gasteiger partial charge in [0.25, 0.3) is 0 Å². The van der Waals surface area contributed by atoms with E-state index in [0.29, 0.717) is 0 Å². The van der Waals surface area contributed by atoms with E-state index in [1.807, 2.05) is 31.2 Å². The van der Waals surface area contributed by atoms with Crippen molar-refractivity contribution in [3.8, 4) is 5.75 Å². The summed E-state index contributed by atoms with van der Waals surface area (Å²) < 4.78 is 5.68. The first kappa shape index (κ1) is 10.5. The van der Waals surface area contributed by atoms with Crippen molar-refractivity contribution >= 4 is 0 Å². The minimum absolute atomic E-state index is 0.187. The van der Waals surface area contributed by atoms with E-state index >= 15 is 0 Å². The molecule has 1 atom stereocenters. The fourth-order valence-corrected chi connectivity index (χ4v) is 1.51. The maximum Gasteiger partial charge on any atom is 0.119 e. The predicted molar refractivity (Wildman–Crippen MR) is 60.2 cm³/mol. The zero-order valence-electron chi connectivity index (χ0n) is 9.15. The molecule has 1 fully saturated rings. The number of ether oxygens (including phenoxy) is 1. The number of hydrogen-bond donors (Lipinski definition) is 1. The van der Waals surface area contributed by atoms with E-state index in [2.05, 4.69) is 0 Å². The third kappa shape index (κ3) is 2.96. The summed E-state index contributed by atoms with van der Waals surface area (Å²) in [6.07, 6.45) is 2.62. The lowest BCUT2D eigenvalue weighted by Gasteiger charge is -2.11. The van der Waals surface area contributed by atoms with Crippen LogP contribution in [-0.4, -0.2) is 18.3 Å². The average Bonchev–Trinajstić information content (AvgIpc) is 3.09. The smallest absolute Gasteiger partial charge is 0.119 e. The van der Waals surface area contributed by atoms with Crippen LogP contribution in [0.5, 0.6) is 5.75 Å². The second-order valence-corrected chi connectivity index (χ2v) is 4.41. The van der Waals surface area contributed by atoms with E-state index in [9.17, 15) is 0 Å². The molecule has 2 nitrogen and oxygen atoms in total. The maximum atomic E-state index is 9.07. The third-order valence-electron chi connectivity index (χ3n) is 2.88. The quantitative estimate of drug-likeness (QED) is 0.802. The van der Waals surface area contributed by atoms with Crippen molar-refractivity contribution < 1.29 is 9.84 Å². The minimum atomic E-state index is 0.187. The Morgan fingerprint density at radius 2 is 2.27 bits per heavy atom. The first-order valence-electron chi connectivity index (χ1n) is 5.63. The van der Waals surface area contributed by atoms with Crippen LogP contribution >= 0.6 is 0 Å². The van der Waals surface area contributed by atoms with Gasteiger partial charge in [0.1, 0.15) is 5.75 Å². The Morgan fingerprint density at radius 3 is 2.93 bits per heavy atom. The summed E-state index contributed by atoms with van der Waals surface area (Å²) in [7, 11) is 0. The summed E-state index contributed by atoms with van der Waals surface area (Å²) in [5, 5.41) is 9.07. The van der Waals surface area contributed by atoms with E-state index in [1.165, 1.54) is 12.8 Å². The molecule has 0 radical (unpaired) electrons. The van der Waals surface area contributed by atoms with Crippen LogP contribution in [0.15, 0.2) is 24.3 Å². The zero-order chi connectivity index (χ0) is 10.7. The van der Waals surface area contributed by atoms with Crippen LogP contribution in [0.3, 0.4) is 0 Å². The van der Waals surface area contributed by atoms with Crippen LogP contribution in [0, 0.1) is 5.92 Å². The van der Waals surface area contributed by atoms with Gasteiger partial charge in [-0.15, -0.1) is 0 Å². The molecule has 0 amide bonds. The SMILES string of the molecule is C[C@@H](CO)c1cccc(OCC2CC2)c1. The molecule has 0 saturated heterocycles. The molecule has 0 aromatic heterocycles. The van der Waals surface area contributed by atoms with Crippen molar-refractivity contribution in [3.05, 3.63) is 29.8 Å². The van der Waals surface area contributed by atoms with Gasteiger partial charge in [0.15, 0.2) is 0 Å². The van der Waals surface area contributed by atoms with Crippen LogP contribution in [0.1, 0.15) is 31.2 Å². The second-order valence-electron chi connectivity index (χ2n) is 4.41. The molecule has 0 aliphatic heterocycles. The first-order chi connectivity index (χ1) is 7.29. The molecular weight excluding hydrogens is 188 g/mol. The number of rotatable bonds is 5. The summed E-state index contributed by atoms with van der Waals surface area (Å²) in [5.41, 5.74) is 1.14. The Kier molecular flexibility index (Phi) is 3.27. The highest BCUT2D eigenvalue weighted by atomic mass is 16.5. The molecular formula is C13H18O2. The van der Waals surface area contributed by atoms with E-state index in [1.54, 1.807) is 0 Å². The van der Waals surface area contributed by atoms with Gasteiger partial charge in [-0.25, -0.2) is 0 Å². The molecule has 82 valence electrons. The molecule has 1 aromatic rings. The number of benzene rings is 1. The van der Waals surface area contributed by atoms with Gasteiger partial charge in [-0.3, -0.25) is 0 Å². The third-order valence-corrected chi connectivity index (χ3v) is 2.88. The van der Waals surface area contributed by atoms with Crippen molar-refractivity contribution in [2.75, 3.05) is 13.2 Å². The van der Waals surface area contributed by atoms with Gasteiger partial charge in [-0.1, -0.05) is 19.1 Å². The molecule has 1 aromatic carbocycles. The molecule has 0 unspecified atom stereocenters. The van der Waals surface area contributed by atoms with E-state index in [0.717, 1.165) is 23.8 Å². The Balaban J connectivity index is 1.97. The molecule has 0 bridgehead atoms. The molecule has 0 heterocycles. The standard InChI is InChI=1S/C13H18O2/c1-10(8-14)12-3-2-4-13(7-12)15-9-11-5-6-11/h2-4,7,10-11,14H,5-6,8-9H2,1H3/t10-/m0/s1. The molecule has 1 aliphatic rings. The highest BCUT2D eigenvalue weighted by Crippen LogP contribution is 2.30. The fourth-order valence-electron chi connectivity index (χ4n) is 1.51. The summed E-state index contributed by atoms with van der Waals surface area (Å²) in [4.78, 5) is 0. The van der Waals surface area contributed by atoms with Gasteiger partial charge in [-0.05, 0) is 36.5 Å². The second kappa shape index (κ2) is 4.67. The summed E-state index contributed by atoms with van der Waals surface area (Å²) in [6.45, 7) is 3.04. The number of hydrogen-bond acceptors (Lipinski definition) is 2. The summed E-state index contributed by atoms with van der Waals surface area (Å²) >= 11 is 0. The van der Waals surface area contributed by atoms with Crippen LogP contribution in [-0.2, 0) is 0 Å². The lowest BCUT2D eigenvalue weighted by Crippen LogP contribution is -2.02. The minimum Gasteiger partial charge on any atom is -0.493 e. The maximum absolute atomic E-state index is 9.07. The topological polar surface area (TPSA) is 29.5 Å². The molecule has 1 aliphatic carbocycles. The van der Waals surface area contributed by atoms with Gasteiger partial charge in [0.2, 0.25) is 0 Å². The molecule has 2 heteroatoms. The van der Waals surface area contributed by atoms with Gasteiger partial charge in [0, 0.05) is 12.5 Å². The van der Waals surface area contributed by atoms with E-state index in [-0.39, 0.29) is 12.5 Å². The van der Waals surface area contributed by atoms with Gasteiger partial charge >= 0.3 is 0 Å². The molecule has 2 rings (SSSR count). The lowest BCUT2D eigenvalue weighted by atomic mass is 10.0. The Bertz CT molecular complexity index is 318. The Labute approximate surface area is 90.9 Å². The van der Waals surface area contributed by atoms with Crippen LogP contribution in [0.4, 0.5) is 0 Å². The highest BCUT2D eigenvalue weighted by Gasteiger charge is 2.21. The van der Waals surface area contributed by atoms with Crippen LogP contribution < -0.4 is 4.74 Å². The monoisotopic (exact) mass is 206 g/mol. The Hall–Kier alpha value is -1.02. The van der Waals surface area contributed by atoms with Gasteiger partial charge in [0.05, 0.1) is 6.61 Å². The summed E-state index contributed by atoms with van der Waals surface area (Å²) in [6, 6.07) is 8.04. The van der Waals surface area contributed by atoms with Crippen molar-refractivity contribution in [2.45, 2.75) is 25.7 Å². The largest absolute Gasteiger partial charge is 0.493 e. The lowest BCUT2D eigenvalue weighted by molar-refractivity contribution is 0.271. The number of aliphatic hydroxyl groups is 1. The average molecular weight is 206 g/mol. The molecule has 1 saturated carbocycles. The normalized spacial score (nSPS) is 17.5. The fraction of sp³-hybridized carbons (Fsp3) is 0.538. The predicted octanol–water partition coefficient (Wildman–Crippen LogP) is 2.57. The highest BCUT2D eigenvalue weighted by molar-refractivity contribution is 5.30. The van der Waals surface area contributed by atoms with E-state index < -0.39 is 0 Å². The van der Waals surface area contributed by atoms with E-state index in [4.69, 9.17) is 9.84 Å². The van der Waals surface area contributed by atoms with Crippen molar-refractivity contribution in [1.29, 1.82) is 0 Å². The number of aliphatic hydroxyl groups excluding tert-OH is 1. The first-order valence-corrected chi connectivity index (χ1v) is 5.63. The van der Waals surface area contributed by atoms with Gasteiger partial charge in [-0.2, -0.15) is 0 Å². The van der Waals surface area contributed by atoms with Crippen molar-refractivity contribution in [3.63, 3.8) is 0 Å². The summed E-state index contributed by atoms with van der Waals surface area (Å²) in [5.74, 6) is 1.90. The Morgan fingerprint density at radius 1 is 1.47 bits per heavy atom. The van der Waals surface area contributed by atoms with Crippen LogP contribution in [0.25, 0.3) is 0 Å².